The van der Waals surface area contributed by atoms with Crippen LogP contribution < -0.4 is 5.32 Å². The Kier molecular flexibility index (Phi) is 6.65. The minimum Gasteiger partial charge on any atom is -0.450 e. The first-order valence-corrected chi connectivity index (χ1v) is 10.8. The second-order valence-electron chi connectivity index (χ2n) is 6.80. The van der Waals surface area contributed by atoms with Crippen LogP contribution in [0.4, 0.5) is 5.69 Å². The summed E-state index contributed by atoms with van der Waals surface area (Å²) >= 11 is 0. The summed E-state index contributed by atoms with van der Waals surface area (Å²) in [6, 6.07) is 7.33. The van der Waals surface area contributed by atoms with E-state index in [2.05, 4.69) is 10.5 Å². The van der Waals surface area contributed by atoms with Crippen LogP contribution in [0.15, 0.2) is 39.8 Å². The van der Waals surface area contributed by atoms with Gasteiger partial charge in [-0.1, -0.05) is 18.0 Å². The molecule has 0 spiro atoms. The maximum Gasteiger partial charge on any atom is 0.377 e. The van der Waals surface area contributed by atoms with Crippen molar-refractivity contribution >= 4 is 27.6 Å². The Balaban J connectivity index is 1.55. The number of hydrogen-bond acceptors (Lipinski definition) is 7. The number of rotatable bonds is 6. The lowest BCUT2D eigenvalue weighted by Crippen LogP contribution is -2.31. The maximum absolute atomic E-state index is 12.8. The number of nitrogens with zero attached hydrogens (tertiary/aromatic N) is 2. The summed E-state index contributed by atoms with van der Waals surface area (Å²) in [4.78, 5) is 23.9. The van der Waals surface area contributed by atoms with Crippen molar-refractivity contribution in [2.45, 2.75) is 37.5 Å². The quantitative estimate of drug-likeness (QED) is 0.711. The van der Waals surface area contributed by atoms with Gasteiger partial charge in [-0.25, -0.2) is 13.2 Å². The van der Waals surface area contributed by atoms with Crippen LogP contribution >= 0.6 is 0 Å². The van der Waals surface area contributed by atoms with Crippen LogP contribution in [0.5, 0.6) is 0 Å². The largest absolute Gasteiger partial charge is 0.450 e. The molecular formula is C19H23N3O6S. The number of anilines is 1. The Morgan fingerprint density at radius 1 is 1.14 bits per heavy atom. The third kappa shape index (κ3) is 5.42. The van der Waals surface area contributed by atoms with E-state index in [4.69, 9.17) is 9.26 Å². The van der Waals surface area contributed by atoms with Gasteiger partial charge >= 0.3 is 5.97 Å². The SMILES string of the molecule is Cc1cc(C(=O)OCC(=O)Nc2ccc(S(=O)(=O)N3CCCCCC3)cc2)on1. The predicted octanol–water partition coefficient (Wildman–Crippen LogP) is 2.34. The molecule has 0 aliphatic carbocycles. The summed E-state index contributed by atoms with van der Waals surface area (Å²) in [5, 5.41) is 6.12. The second kappa shape index (κ2) is 9.19. The highest BCUT2D eigenvalue weighted by atomic mass is 32.2. The monoisotopic (exact) mass is 421 g/mol. The fourth-order valence-corrected chi connectivity index (χ4v) is 4.52. The smallest absolute Gasteiger partial charge is 0.377 e. The average molecular weight is 421 g/mol. The Bertz CT molecular complexity index is 960. The fourth-order valence-electron chi connectivity index (χ4n) is 3.00. The number of nitrogens with one attached hydrogen (secondary N) is 1. The van der Waals surface area contributed by atoms with Gasteiger partial charge in [0.25, 0.3) is 5.91 Å². The standard InChI is InChI=1S/C19H23N3O6S/c1-14-12-17(28-21-14)19(24)27-13-18(23)20-15-6-8-16(9-7-15)29(25,26)22-10-4-2-3-5-11-22/h6-9,12H,2-5,10-11,13H2,1H3,(H,20,23). The Labute approximate surface area is 169 Å². The van der Waals surface area contributed by atoms with E-state index in [-0.39, 0.29) is 10.7 Å². The molecular weight excluding hydrogens is 398 g/mol. The predicted molar refractivity (Wildman–Crippen MR) is 104 cm³/mol. The zero-order valence-corrected chi connectivity index (χ0v) is 16.9. The van der Waals surface area contributed by atoms with Crippen molar-refractivity contribution in [1.29, 1.82) is 0 Å². The molecule has 1 aromatic heterocycles. The van der Waals surface area contributed by atoms with Crippen molar-refractivity contribution in [2.24, 2.45) is 0 Å². The van der Waals surface area contributed by atoms with Crippen molar-refractivity contribution in [1.82, 2.24) is 9.46 Å². The van der Waals surface area contributed by atoms with Crippen LogP contribution in [0.2, 0.25) is 0 Å². The van der Waals surface area contributed by atoms with Crippen LogP contribution in [0, 0.1) is 6.92 Å². The minimum absolute atomic E-state index is 0.0848. The number of carbonyl (C=O) groups is 2. The lowest BCUT2D eigenvalue weighted by Gasteiger charge is -2.20. The highest BCUT2D eigenvalue weighted by molar-refractivity contribution is 7.89. The molecule has 0 bridgehead atoms. The minimum atomic E-state index is -3.55. The Hall–Kier alpha value is -2.72. The molecule has 1 aliphatic heterocycles. The van der Waals surface area contributed by atoms with E-state index in [0.717, 1.165) is 25.7 Å². The molecule has 0 saturated carbocycles. The molecule has 1 N–H and O–H groups in total. The third-order valence-corrected chi connectivity index (χ3v) is 6.42. The van der Waals surface area contributed by atoms with Crippen LogP contribution in [-0.4, -0.2) is 49.5 Å². The number of aromatic nitrogens is 1. The van der Waals surface area contributed by atoms with Gasteiger partial charge in [-0.3, -0.25) is 4.79 Å². The summed E-state index contributed by atoms with van der Waals surface area (Å²) in [6.45, 7) is 2.20. The normalized spacial score (nSPS) is 15.5. The second-order valence-corrected chi connectivity index (χ2v) is 8.74. The molecule has 3 rings (SSSR count). The lowest BCUT2D eigenvalue weighted by atomic mass is 10.2. The number of ether oxygens (including phenoxy) is 1. The number of sulfonamides is 1. The lowest BCUT2D eigenvalue weighted by molar-refractivity contribution is -0.119. The van der Waals surface area contributed by atoms with E-state index < -0.39 is 28.5 Å². The van der Waals surface area contributed by atoms with Crippen molar-refractivity contribution < 1.29 is 27.3 Å². The summed E-state index contributed by atoms with van der Waals surface area (Å²) in [5.41, 5.74) is 0.924. The number of amides is 1. The van der Waals surface area contributed by atoms with Gasteiger partial charge in [-0.2, -0.15) is 4.31 Å². The number of carbonyl (C=O) groups excluding carboxylic acids is 2. The molecule has 1 saturated heterocycles. The Morgan fingerprint density at radius 2 is 1.79 bits per heavy atom. The zero-order valence-electron chi connectivity index (χ0n) is 16.1. The van der Waals surface area contributed by atoms with E-state index >= 15 is 0 Å². The van der Waals surface area contributed by atoms with Crippen molar-refractivity contribution in [3.8, 4) is 0 Å². The summed E-state index contributed by atoms with van der Waals surface area (Å²) in [6.07, 6.45) is 3.80. The number of hydrogen-bond donors (Lipinski definition) is 1. The van der Waals surface area contributed by atoms with E-state index in [0.29, 0.717) is 24.5 Å². The molecule has 1 aromatic carbocycles. The zero-order chi connectivity index (χ0) is 20.9. The first-order chi connectivity index (χ1) is 13.9. The van der Waals surface area contributed by atoms with E-state index in [1.807, 2.05) is 0 Å². The molecule has 1 amide bonds. The fraction of sp³-hybridized carbons (Fsp3) is 0.421. The molecule has 29 heavy (non-hydrogen) atoms. The van der Waals surface area contributed by atoms with Gasteiger partial charge in [0.2, 0.25) is 15.8 Å². The Morgan fingerprint density at radius 3 is 2.38 bits per heavy atom. The third-order valence-electron chi connectivity index (χ3n) is 4.50. The van der Waals surface area contributed by atoms with E-state index in [1.54, 1.807) is 6.92 Å². The molecule has 156 valence electrons. The molecule has 0 atom stereocenters. The molecule has 9 nitrogen and oxygen atoms in total. The van der Waals surface area contributed by atoms with Gasteiger partial charge in [0, 0.05) is 24.8 Å². The highest BCUT2D eigenvalue weighted by Gasteiger charge is 2.25. The van der Waals surface area contributed by atoms with Gasteiger partial charge < -0.3 is 14.6 Å². The van der Waals surface area contributed by atoms with Gasteiger partial charge in [0.15, 0.2) is 6.61 Å². The molecule has 0 unspecified atom stereocenters. The first kappa shape index (κ1) is 21.0. The van der Waals surface area contributed by atoms with E-state index in [9.17, 15) is 18.0 Å². The summed E-state index contributed by atoms with van der Waals surface area (Å²) in [5.74, 6) is -1.43. The molecule has 2 heterocycles. The highest BCUT2D eigenvalue weighted by Crippen LogP contribution is 2.21. The van der Waals surface area contributed by atoms with Crippen molar-refractivity contribution in [2.75, 3.05) is 25.0 Å². The first-order valence-electron chi connectivity index (χ1n) is 9.37. The molecule has 2 aromatic rings. The topological polar surface area (TPSA) is 119 Å². The van der Waals surface area contributed by atoms with Crippen LogP contribution in [0.1, 0.15) is 41.9 Å². The molecule has 1 fully saturated rings. The van der Waals surface area contributed by atoms with E-state index in [1.165, 1.54) is 34.6 Å². The van der Waals surface area contributed by atoms with Crippen LogP contribution in [0.25, 0.3) is 0 Å². The average Bonchev–Trinajstić information content (AvgIpc) is 2.95. The molecule has 1 aliphatic rings. The molecule has 10 heteroatoms. The number of esters is 1. The van der Waals surface area contributed by atoms with Gasteiger partial charge in [-0.05, 0) is 44.0 Å². The van der Waals surface area contributed by atoms with Crippen molar-refractivity contribution in [3.05, 3.63) is 41.8 Å². The summed E-state index contributed by atoms with van der Waals surface area (Å²) < 4.78 is 36.6. The van der Waals surface area contributed by atoms with Crippen LogP contribution in [0.3, 0.4) is 0 Å². The summed E-state index contributed by atoms with van der Waals surface area (Å²) in [7, 11) is -3.55. The van der Waals surface area contributed by atoms with Gasteiger partial charge in [-0.15, -0.1) is 0 Å². The molecule has 0 radical (unpaired) electrons. The number of benzene rings is 1. The van der Waals surface area contributed by atoms with Gasteiger partial charge in [0.1, 0.15) is 0 Å². The maximum atomic E-state index is 12.8. The van der Waals surface area contributed by atoms with Crippen molar-refractivity contribution in [3.63, 3.8) is 0 Å². The number of aryl methyl sites for hydroxylation is 1. The van der Waals surface area contributed by atoms with Gasteiger partial charge in [0.05, 0.1) is 10.6 Å². The van der Waals surface area contributed by atoms with Crippen LogP contribution in [-0.2, 0) is 19.6 Å².